The molecule has 2 unspecified atom stereocenters. The van der Waals surface area contributed by atoms with Gasteiger partial charge in [0.05, 0.1) is 23.3 Å². The molecule has 2 aromatic carbocycles. The van der Waals surface area contributed by atoms with E-state index in [1.54, 1.807) is 0 Å². The molecule has 3 aromatic rings. The Bertz CT molecular complexity index is 1500. The summed E-state index contributed by atoms with van der Waals surface area (Å²) in [6, 6.07) is 7.83. The molecular formula is C29H30F4N4O3S. The number of hydrogen-bond donors (Lipinski definition) is 2. The third-order valence-electron chi connectivity index (χ3n) is 7.52. The molecule has 2 aliphatic rings. The van der Waals surface area contributed by atoms with Crippen molar-refractivity contribution in [3.05, 3.63) is 94.8 Å². The highest BCUT2D eigenvalue weighted by Gasteiger charge is 2.43. The maximum absolute atomic E-state index is 15.0. The van der Waals surface area contributed by atoms with Gasteiger partial charge in [0.1, 0.15) is 23.3 Å². The molecule has 218 valence electrons. The van der Waals surface area contributed by atoms with Crippen LogP contribution in [0.2, 0.25) is 0 Å². The second-order valence-electron chi connectivity index (χ2n) is 10.5. The van der Waals surface area contributed by atoms with Gasteiger partial charge in [0.2, 0.25) is 15.9 Å². The van der Waals surface area contributed by atoms with Gasteiger partial charge in [-0.25, -0.2) is 26.0 Å². The second kappa shape index (κ2) is 12.3. The fourth-order valence-electron chi connectivity index (χ4n) is 5.30. The van der Waals surface area contributed by atoms with Crippen LogP contribution in [0.4, 0.5) is 23.2 Å². The number of aromatic nitrogens is 1. The van der Waals surface area contributed by atoms with Gasteiger partial charge in [-0.1, -0.05) is 12.1 Å². The molecular weight excluding hydrogens is 560 g/mol. The molecule has 5 rings (SSSR count). The lowest BCUT2D eigenvalue weighted by Gasteiger charge is -2.35. The third-order valence-corrected chi connectivity index (χ3v) is 9.97. The van der Waals surface area contributed by atoms with Gasteiger partial charge in [-0.2, -0.15) is 4.31 Å². The number of anilines is 1. The summed E-state index contributed by atoms with van der Waals surface area (Å²) in [6.45, 7) is 1.32. The molecule has 2 fully saturated rings. The summed E-state index contributed by atoms with van der Waals surface area (Å²) in [5, 5.41) is 5.52. The zero-order valence-corrected chi connectivity index (χ0v) is 22.9. The first-order chi connectivity index (χ1) is 19.6. The van der Waals surface area contributed by atoms with Crippen molar-refractivity contribution in [2.24, 2.45) is 0 Å². The first kappa shape index (κ1) is 29.2. The fraction of sp³-hybridized carbons (Fsp3) is 0.379. The largest absolute Gasteiger partial charge is 0.324 e. The summed E-state index contributed by atoms with van der Waals surface area (Å²) in [5.74, 6) is -4.19. The molecule has 1 aliphatic carbocycles. The predicted octanol–water partition coefficient (Wildman–Crippen LogP) is 4.50. The highest BCUT2D eigenvalue weighted by molar-refractivity contribution is 7.90. The summed E-state index contributed by atoms with van der Waals surface area (Å²) >= 11 is 0. The standard InChI is InChI=1S/C29H30F4N4O3S/c30-20-3-1-18(2-4-20)26(19-11-21(31)13-22(32)12-19)14-29(38)36-28-17-35-16-27(33)25(28)8-5-23-15-34-9-10-37(23)41(39,40)24-6-7-24/h1-4,11-13,16-17,23-24,26,34H,5-10,14-15H2,(H,36,38). The Labute approximate surface area is 236 Å². The molecule has 0 spiro atoms. The van der Waals surface area contributed by atoms with Crippen LogP contribution in [0.3, 0.4) is 0 Å². The van der Waals surface area contributed by atoms with Gasteiger partial charge in [-0.15, -0.1) is 0 Å². The molecule has 1 saturated carbocycles. The lowest BCUT2D eigenvalue weighted by molar-refractivity contribution is -0.116. The zero-order valence-electron chi connectivity index (χ0n) is 22.1. The van der Waals surface area contributed by atoms with E-state index in [4.69, 9.17) is 0 Å². The summed E-state index contributed by atoms with van der Waals surface area (Å²) in [7, 11) is -3.42. The van der Waals surface area contributed by atoms with Gasteiger partial charge in [0.25, 0.3) is 0 Å². The van der Waals surface area contributed by atoms with E-state index in [9.17, 15) is 30.8 Å². The number of rotatable bonds is 10. The Morgan fingerprint density at radius 2 is 1.71 bits per heavy atom. The summed E-state index contributed by atoms with van der Waals surface area (Å²) in [4.78, 5) is 17.1. The van der Waals surface area contributed by atoms with Crippen LogP contribution >= 0.6 is 0 Å². The van der Waals surface area contributed by atoms with E-state index in [1.807, 2.05) is 0 Å². The van der Waals surface area contributed by atoms with Crippen molar-refractivity contribution >= 4 is 21.6 Å². The topological polar surface area (TPSA) is 91.4 Å². The lowest BCUT2D eigenvalue weighted by Crippen LogP contribution is -2.54. The Balaban J connectivity index is 1.34. The number of carbonyl (C=O) groups excluding carboxylic acids is 1. The summed E-state index contributed by atoms with van der Waals surface area (Å²) < 4.78 is 84.0. The van der Waals surface area contributed by atoms with Crippen molar-refractivity contribution in [2.45, 2.75) is 49.3 Å². The molecule has 2 atom stereocenters. The quantitative estimate of drug-likeness (QED) is 0.340. The summed E-state index contributed by atoms with van der Waals surface area (Å²) in [5.41, 5.74) is 0.950. The van der Waals surface area contributed by atoms with Crippen LogP contribution in [0.5, 0.6) is 0 Å². The van der Waals surface area contributed by atoms with Crippen LogP contribution in [0, 0.1) is 23.3 Å². The van der Waals surface area contributed by atoms with E-state index in [-0.39, 0.29) is 40.9 Å². The number of nitrogens with zero attached hydrogens (tertiary/aromatic N) is 2. The highest BCUT2D eigenvalue weighted by Crippen LogP contribution is 2.34. The number of amides is 1. The van der Waals surface area contributed by atoms with Gasteiger partial charge < -0.3 is 10.6 Å². The zero-order chi connectivity index (χ0) is 29.1. The first-order valence-corrected chi connectivity index (χ1v) is 15.0. The lowest BCUT2D eigenvalue weighted by atomic mass is 9.88. The number of halogens is 4. The Morgan fingerprint density at radius 1 is 1.00 bits per heavy atom. The van der Waals surface area contributed by atoms with E-state index in [0.717, 1.165) is 24.4 Å². The van der Waals surface area contributed by atoms with Crippen molar-refractivity contribution in [1.29, 1.82) is 0 Å². The number of benzene rings is 2. The minimum atomic E-state index is -3.42. The van der Waals surface area contributed by atoms with Crippen molar-refractivity contribution in [1.82, 2.24) is 14.6 Å². The van der Waals surface area contributed by atoms with Crippen LogP contribution < -0.4 is 10.6 Å². The molecule has 12 heteroatoms. The van der Waals surface area contributed by atoms with Crippen LogP contribution in [0.1, 0.15) is 48.3 Å². The van der Waals surface area contributed by atoms with Crippen LogP contribution in [-0.4, -0.2) is 54.5 Å². The van der Waals surface area contributed by atoms with Gasteiger partial charge in [0, 0.05) is 49.6 Å². The number of hydrogen-bond acceptors (Lipinski definition) is 5. The molecule has 0 bridgehead atoms. The molecule has 0 radical (unpaired) electrons. The highest BCUT2D eigenvalue weighted by atomic mass is 32.2. The molecule has 1 saturated heterocycles. The predicted molar refractivity (Wildman–Crippen MR) is 146 cm³/mol. The van der Waals surface area contributed by atoms with Crippen molar-refractivity contribution in [3.63, 3.8) is 0 Å². The van der Waals surface area contributed by atoms with Gasteiger partial charge in [0.15, 0.2) is 0 Å². The number of sulfonamides is 1. The molecule has 1 aliphatic heterocycles. The number of pyridine rings is 1. The minimum Gasteiger partial charge on any atom is -0.324 e. The van der Waals surface area contributed by atoms with Crippen molar-refractivity contribution < 1.29 is 30.8 Å². The van der Waals surface area contributed by atoms with E-state index in [0.29, 0.717) is 44.5 Å². The van der Waals surface area contributed by atoms with Crippen LogP contribution in [0.15, 0.2) is 54.9 Å². The first-order valence-electron chi connectivity index (χ1n) is 13.5. The number of carbonyl (C=O) groups is 1. The van der Waals surface area contributed by atoms with E-state index in [2.05, 4.69) is 15.6 Å². The number of piperazine rings is 1. The van der Waals surface area contributed by atoms with Crippen LogP contribution in [-0.2, 0) is 21.2 Å². The number of nitrogens with one attached hydrogen (secondary N) is 2. The molecule has 2 heterocycles. The van der Waals surface area contributed by atoms with E-state index < -0.39 is 45.1 Å². The SMILES string of the molecule is O=C(CC(c1ccc(F)cc1)c1cc(F)cc(F)c1)Nc1cncc(F)c1CCC1CNCCN1S(=O)(=O)C1CC1. The smallest absolute Gasteiger partial charge is 0.225 e. The molecule has 1 aromatic heterocycles. The Hall–Kier alpha value is -3.35. The third kappa shape index (κ3) is 6.94. The van der Waals surface area contributed by atoms with E-state index >= 15 is 0 Å². The second-order valence-corrected chi connectivity index (χ2v) is 12.6. The van der Waals surface area contributed by atoms with Crippen LogP contribution in [0.25, 0.3) is 0 Å². The maximum atomic E-state index is 15.0. The molecule has 2 N–H and O–H groups in total. The van der Waals surface area contributed by atoms with Gasteiger partial charge in [-0.05, 0) is 61.1 Å². The molecule has 7 nitrogen and oxygen atoms in total. The van der Waals surface area contributed by atoms with Crippen molar-refractivity contribution in [3.8, 4) is 0 Å². The average Bonchev–Trinajstić information content (AvgIpc) is 3.78. The van der Waals surface area contributed by atoms with E-state index in [1.165, 1.54) is 34.8 Å². The normalized spacial score (nSPS) is 18.7. The average molecular weight is 591 g/mol. The monoisotopic (exact) mass is 590 g/mol. The van der Waals surface area contributed by atoms with Crippen molar-refractivity contribution in [2.75, 3.05) is 25.0 Å². The van der Waals surface area contributed by atoms with Gasteiger partial charge in [-0.3, -0.25) is 9.78 Å². The molecule has 1 amide bonds. The Morgan fingerprint density at radius 3 is 2.39 bits per heavy atom. The maximum Gasteiger partial charge on any atom is 0.225 e. The van der Waals surface area contributed by atoms with Gasteiger partial charge >= 0.3 is 0 Å². The minimum absolute atomic E-state index is 0.124. The fourth-order valence-corrected chi connectivity index (χ4v) is 7.36. The Kier molecular flexibility index (Phi) is 8.71. The summed E-state index contributed by atoms with van der Waals surface area (Å²) in [6.07, 6.45) is 3.82. The molecule has 41 heavy (non-hydrogen) atoms.